The molecule has 1 aliphatic rings. The molecule has 1 atom stereocenters. The van der Waals surface area contributed by atoms with Gasteiger partial charge in [-0.15, -0.1) is 0 Å². The number of hydrogen-bond donors (Lipinski definition) is 0. The number of ether oxygens (including phenoxy) is 2. The zero-order valence-electron chi connectivity index (χ0n) is 11.1. The molecule has 1 aromatic carbocycles. The third-order valence-corrected chi connectivity index (χ3v) is 3.43. The van der Waals surface area contributed by atoms with Crippen LogP contribution in [0.5, 0.6) is 11.5 Å². The van der Waals surface area contributed by atoms with E-state index in [0.717, 1.165) is 37.0 Å². The SMILES string of the molecule is CCCCC(CC)C(=O)c1ccc2c(c1)OCO2. The molecule has 0 aliphatic carbocycles. The van der Waals surface area contributed by atoms with E-state index in [1.165, 1.54) is 0 Å². The average Bonchev–Trinajstić information content (AvgIpc) is 2.86. The molecule has 1 unspecified atom stereocenters. The summed E-state index contributed by atoms with van der Waals surface area (Å²) in [6.45, 7) is 4.48. The van der Waals surface area contributed by atoms with Gasteiger partial charge in [0.05, 0.1) is 0 Å². The maximum Gasteiger partial charge on any atom is 0.231 e. The van der Waals surface area contributed by atoms with Crippen LogP contribution < -0.4 is 9.47 Å². The second-order valence-corrected chi connectivity index (χ2v) is 4.68. The number of carbonyl (C=O) groups is 1. The van der Waals surface area contributed by atoms with Crippen LogP contribution in [0.1, 0.15) is 49.9 Å². The predicted octanol–water partition coefficient (Wildman–Crippen LogP) is 3.81. The predicted molar refractivity (Wildman–Crippen MR) is 70.2 cm³/mol. The standard InChI is InChI=1S/C15H20O3/c1-3-5-6-11(4-2)15(16)12-7-8-13-14(9-12)18-10-17-13/h7-9,11H,3-6,10H2,1-2H3. The maximum atomic E-state index is 12.4. The maximum absolute atomic E-state index is 12.4. The lowest BCUT2D eigenvalue weighted by Crippen LogP contribution is -2.14. The highest BCUT2D eigenvalue weighted by Crippen LogP contribution is 2.33. The normalized spacial score (nSPS) is 14.6. The Kier molecular flexibility index (Phi) is 4.24. The van der Waals surface area contributed by atoms with E-state index in [2.05, 4.69) is 13.8 Å². The highest BCUT2D eigenvalue weighted by molar-refractivity contribution is 5.98. The molecule has 1 heterocycles. The summed E-state index contributed by atoms with van der Waals surface area (Å²) in [5, 5.41) is 0. The third kappa shape index (κ3) is 2.66. The van der Waals surface area contributed by atoms with Crippen molar-refractivity contribution >= 4 is 5.78 Å². The fraction of sp³-hybridized carbons (Fsp3) is 0.533. The summed E-state index contributed by atoms with van der Waals surface area (Å²) < 4.78 is 10.6. The van der Waals surface area contributed by atoms with E-state index in [9.17, 15) is 4.79 Å². The Balaban J connectivity index is 2.12. The van der Waals surface area contributed by atoms with Gasteiger partial charge in [0.15, 0.2) is 17.3 Å². The molecule has 0 N–H and O–H groups in total. The quantitative estimate of drug-likeness (QED) is 0.718. The Morgan fingerprint density at radius 1 is 1.28 bits per heavy atom. The summed E-state index contributed by atoms with van der Waals surface area (Å²) in [5.74, 6) is 1.77. The van der Waals surface area contributed by atoms with Crippen LogP contribution >= 0.6 is 0 Å². The number of hydrogen-bond acceptors (Lipinski definition) is 3. The second kappa shape index (κ2) is 5.89. The van der Waals surface area contributed by atoms with Crippen LogP contribution in [0, 0.1) is 5.92 Å². The minimum absolute atomic E-state index is 0.130. The van der Waals surface area contributed by atoms with E-state index >= 15 is 0 Å². The first-order chi connectivity index (χ1) is 8.76. The minimum atomic E-state index is 0.130. The van der Waals surface area contributed by atoms with E-state index in [1.807, 2.05) is 12.1 Å². The lowest BCUT2D eigenvalue weighted by atomic mass is 9.90. The molecule has 0 bridgehead atoms. The third-order valence-electron chi connectivity index (χ3n) is 3.43. The van der Waals surface area contributed by atoms with Gasteiger partial charge in [-0.05, 0) is 31.0 Å². The Bertz CT molecular complexity index is 426. The monoisotopic (exact) mass is 248 g/mol. The van der Waals surface area contributed by atoms with Gasteiger partial charge in [-0.1, -0.05) is 26.7 Å². The molecule has 0 amide bonds. The van der Waals surface area contributed by atoms with Gasteiger partial charge in [0.25, 0.3) is 0 Å². The molecule has 0 saturated heterocycles. The van der Waals surface area contributed by atoms with Crippen molar-refractivity contribution in [3.8, 4) is 11.5 Å². The fourth-order valence-corrected chi connectivity index (χ4v) is 2.26. The van der Waals surface area contributed by atoms with E-state index in [-0.39, 0.29) is 18.5 Å². The van der Waals surface area contributed by atoms with Crippen molar-refractivity contribution in [2.45, 2.75) is 39.5 Å². The highest BCUT2D eigenvalue weighted by Gasteiger charge is 2.21. The number of fused-ring (bicyclic) bond motifs is 1. The summed E-state index contributed by atoms with van der Waals surface area (Å²) in [7, 11) is 0. The Morgan fingerprint density at radius 3 is 2.78 bits per heavy atom. The van der Waals surface area contributed by atoms with Gasteiger partial charge in [0, 0.05) is 11.5 Å². The van der Waals surface area contributed by atoms with Crippen LogP contribution in [-0.4, -0.2) is 12.6 Å². The van der Waals surface area contributed by atoms with Crippen LogP contribution in [0.4, 0.5) is 0 Å². The van der Waals surface area contributed by atoms with Crippen molar-refractivity contribution in [1.82, 2.24) is 0 Å². The zero-order valence-corrected chi connectivity index (χ0v) is 11.1. The van der Waals surface area contributed by atoms with Crippen LogP contribution in [-0.2, 0) is 0 Å². The molecule has 18 heavy (non-hydrogen) atoms. The largest absolute Gasteiger partial charge is 0.454 e. The number of carbonyl (C=O) groups excluding carboxylic acids is 1. The lowest BCUT2D eigenvalue weighted by Gasteiger charge is -2.13. The molecule has 0 saturated carbocycles. The zero-order chi connectivity index (χ0) is 13.0. The molecule has 1 aliphatic heterocycles. The molecule has 0 spiro atoms. The van der Waals surface area contributed by atoms with Crippen molar-refractivity contribution in [2.75, 3.05) is 6.79 Å². The Labute approximate surface area is 108 Å². The molecular weight excluding hydrogens is 228 g/mol. The summed E-state index contributed by atoms with van der Waals surface area (Å²) in [4.78, 5) is 12.4. The lowest BCUT2D eigenvalue weighted by molar-refractivity contribution is 0.0907. The number of rotatable bonds is 6. The van der Waals surface area contributed by atoms with Crippen molar-refractivity contribution in [3.05, 3.63) is 23.8 Å². The number of unbranched alkanes of at least 4 members (excludes halogenated alkanes) is 1. The van der Waals surface area contributed by atoms with Crippen molar-refractivity contribution in [3.63, 3.8) is 0 Å². The van der Waals surface area contributed by atoms with Gasteiger partial charge < -0.3 is 9.47 Å². The smallest absolute Gasteiger partial charge is 0.231 e. The van der Waals surface area contributed by atoms with Crippen molar-refractivity contribution in [1.29, 1.82) is 0 Å². The van der Waals surface area contributed by atoms with E-state index < -0.39 is 0 Å². The van der Waals surface area contributed by atoms with E-state index in [0.29, 0.717) is 5.75 Å². The second-order valence-electron chi connectivity index (χ2n) is 4.68. The minimum Gasteiger partial charge on any atom is -0.454 e. The summed E-state index contributed by atoms with van der Waals surface area (Å²) in [6.07, 6.45) is 4.10. The van der Waals surface area contributed by atoms with Crippen LogP contribution in [0.2, 0.25) is 0 Å². The molecule has 98 valence electrons. The molecule has 0 radical (unpaired) electrons. The van der Waals surface area contributed by atoms with Crippen LogP contribution in [0.15, 0.2) is 18.2 Å². The Hall–Kier alpha value is -1.51. The van der Waals surface area contributed by atoms with E-state index in [1.54, 1.807) is 6.07 Å². The molecular formula is C15H20O3. The number of ketones is 1. The first kappa shape index (κ1) is 12.9. The fourth-order valence-electron chi connectivity index (χ4n) is 2.26. The Morgan fingerprint density at radius 2 is 2.06 bits per heavy atom. The average molecular weight is 248 g/mol. The van der Waals surface area contributed by atoms with Crippen LogP contribution in [0.25, 0.3) is 0 Å². The highest BCUT2D eigenvalue weighted by atomic mass is 16.7. The van der Waals surface area contributed by atoms with E-state index in [4.69, 9.17) is 9.47 Å². The van der Waals surface area contributed by atoms with Crippen molar-refractivity contribution < 1.29 is 14.3 Å². The summed E-state index contributed by atoms with van der Waals surface area (Å²) in [5.41, 5.74) is 0.738. The number of benzene rings is 1. The summed E-state index contributed by atoms with van der Waals surface area (Å²) in [6, 6.07) is 5.46. The molecule has 3 heteroatoms. The first-order valence-electron chi connectivity index (χ1n) is 6.70. The number of Topliss-reactive ketones (excluding diaryl/α,β-unsaturated/α-hetero) is 1. The van der Waals surface area contributed by atoms with Gasteiger partial charge in [0.1, 0.15) is 0 Å². The van der Waals surface area contributed by atoms with Gasteiger partial charge in [0.2, 0.25) is 6.79 Å². The molecule has 0 fully saturated rings. The summed E-state index contributed by atoms with van der Waals surface area (Å²) >= 11 is 0. The van der Waals surface area contributed by atoms with Gasteiger partial charge in [-0.3, -0.25) is 4.79 Å². The molecule has 0 aromatic heterocycles. The molecule has 2 rings (SSSR count). The van der Waals surface area contributed by atoms with Gasteiger partial charge in [-0.2, -0.15) is 0 Å². The van der Waals surface area contributed by atoms with Gasteiger partial charge in [-0.25, -0.2) is 0 Å². The van der Waals surface area contributed by atoms with Crippen LogP contribution in [0.3, 0.4) is 0 Å². The van der Waals surface area contributed by atoms with Gasteiger partial charge >= 0.3 is 0 Å². The first-order valence-corrected chi connectivity index (χ1v) is 6.70. The molecule has 1 aromatic rings. The molecule has 3 nitrogen and oxygen atoms in total. The topological polar surface area (TPSA) is 35.5 Å². The van der Waals surface area contributed by atoms with Crippen molar-refractivity contribution in [2.24, 2.45) is 5.92 Å².